The first-order chi connectivity index (χ1) is 24.3. The molecule has 3 fully saturated rings. The Balaban J connectivity index is 1.30. The molecule has 0 bridgehead atoms. The molecule has 18 heteroatoms. The van der Waals surface area contributed by atoms with Gasteiger partial charge in [-0.2, -0.15) is 5.10 Å². The maximum Gasteiger partial charge on any atom is 0.409 e. The van der Waals surface area contributed by atoms with Crippen LogP contribution in [0.2, 0.25) is 0 Å². The fraction of sp³-hybridized carbons (Fsp3) is 0.545. The number of alkyl halides is 2. The van der Waals surface area contributed by atoms with Gasteiger partial charge in [0.15, 0.2) is 12.3 Å². The summed E-state index contributed by atoms with van der Waals surface area (Å²) >= 11 is 0. The molecule has 16 nitrogen and oxygen atoms in total. The number of carboxylic acid groups (broad SMARTS) is 1. The van der Waals surface area contributed by atoms with Crippen molar-refractivity contribution in [2.24, 2.45) is 0 Å². The van der Waals surface area contributed by atoms with Crippen LogP contribution < -0.4 is 15.4 Å². The number of nitrogens with one attached hydrogen (secondary N) is 2. The summed E-state index contributed by atoms with van der Waals surface area (Å²) < 4.78 is 40.8. The van der Waals surface area contributed by atoms with Gasteiger partial charge in [0.1, 0.15) is 12.1 Å². The van der Waals surface area contributed by atoms with Crippen molar-refractivity contribution in [3.8, 4) is 11.6 Å². The lowest BCUT2D eigenvalue weighted by Crippen LogP contribution is -2.56. The monoisotopic (exact) mass is 717 g/mol. The fourth-order valence-corrected chi connectivity index (χ4v) is 6.02. The van der Waals surface area contributed by atoms with E-state index in [4.69, 9.17) is 9.47 Å². The molecule has 1 aromatic heterocycles. The summed E-state index contributed by atoms with van der Waals surface area (Å²) in [7, 11) is 0. The highest BCUT2D eigenvalue weighted by Crippen LogP contribution is 2.33. The van der Waals surface area contributed by atoms with Crippen LogP contribution in [0.1, 0.15) is 55.9 Å². The number of halogens is 2. The average molecular weight is 718 g/mol. The Kier molecular flexibility index (Phi) is 11.7. The molecule has 276 valence electrons. The zero-order chi connectivity index (χ0) is 36.7. The first-order valence-corrected chi connectivity index (χ1v) is 16.8. The number of carbonyl (C=O) groups is 6. The number of nitrogens with zero attached hydrogens (tertiary/aromatic N) is 5. The molecule has 0 radical (unpaired) electrons. The van der Waals surface area contributed by atoms with E-state index >= 15 is 0 Å². The zero-order valence-electron chi connectivity index (χ0n) is 28.1. The predicted octanol–water partition coefficient (Wildman–Crippen LogP) is 1.42. The van der Waals surface area contributed by atoms with Crippen LogP contribution in [0, 0.1) is 0 Å². The van der Waals surface area contributed by atoms with E-state index in [-0.39, 0.29) is 56.8 Å². The summed E-state index contributed by atoms with van der Waals surface area (Å²) in [5.41, 5.74) is 0.175. The first-order valence-electron chi connectivity index (χ1n) is 16.8. The van der Waals surface area contributed by atoms with Crippen LogP contribution in [0.5, 0.6) is 5.88 Å². The number of hydrogen-bond donors (Lipinski definition) is 3. The first kappa shape index (κ1) is 37.0. The molecular formula is C33H41F2N7O9. The minimum atomic E-state index is -3.27. The van der Waals surface area contributed by atoms with Gasteiger partial charge >= 0.3 is 12.1 Å². The summed E-state index contributed by atoms with van der Waals surface area (Å²) in [6.07, 6.45) is 0.428. The van der Waals surface area contributed by atoms with Gasteiger partial charge < -0.3 is 39.9 Å². The third-order valence-electron chi connectivity index (χ3n) is 8.97. The predicted molar refractivity (Wildman–Crippen MR) is 173 cm³/mol. The molecular weight excluding hydrogens is 676 g/mol. The van der Waals surface area contributed by atoms with Crippen LogP contribution in [-0.4, -0.2) is 135 Å². The van der Waals surface area contributed by atoms with E-state index in [1.807, 2.05) is 0 Å². The second-order valence-corrected chi connectivity index (χ2v) is 12.6. The van der Waals surface area contributed by atoms with Crippen molar-refractivity contribution in [3.63, 3.8) is 0 Å². The van der Waals surface area contributed by atoms with E-state index < -0.39 is 79.7 Å². The highest BCUT2D eigenvalue weighted by Gasteiger charge is 2.50. The summed E-state index contributed by atoms with van der Waals surface area (Å²) in [4.78, 5) is 80.2. The van der Waals surface area contributed by atoms with Crippen LogP contribution in [0.3, 0.4) is 0 Å². The van der Waals surface area contributed by atoms with Crippen molar-refractivity contribution in [3.05, 3.63) is 42.1 Å². The third-order valence-corrected chi connectivity index (χ3v) is 8.97. The summed E-state index contributed by atoms with van der Waals surface area (Å²) in [6.45, 7) is 0.819. The Labute approximate surface area is 292 Å². The molecule has 3 heterocycles. The number of benzene rings is 1. The van der Waals surface area contributed by atoms with Gasteiger partial charge in [0.2, 0.25) is 17.7 Å². The SMILES string of the molecule is CCOC(=O)N1CCN(C(=O)C(CCC(=O)O)NC(=O)c2cc(OCC(=O)N3CC(F)(F)CC3C(=O)NC3CCC3)n(-c3ccccc3)n2)CC1. The Morgan fingerprint density at radius 1 is 1.04 bits per heavy atom. The molecule has 1 aromatic carbocycles. The van der Waals surface area contributed by atoms with Gasteiger partial charge in [-0.3, -0.25) is 24.0 Å². The molecule has 2 atom stereocenters. The maximum absolute atomic E-state index is 14.4. The standard InChI is InChI=1S/C33H41F2N7O9/c1-2-50-32(49)40-15-13-39(14-16-40)31(48)23(11-12-28(44)45)37-29(46)24-17-27(42(38-24)22-9-4-3-5-10-22)51-19-26(43)41-20-33(34,35)18-25(41)30(47)36-21-7-6-8-21/h3-5,9-10,17,21,23,25H,2,6-8,11-16,18-20H2,1H3,(H,36,47)(H,37,46)(H,44,45). The van der Waals surface area contributed by atoms with Crippen LogP contribution >= 0.6 is 0 Å². The highest BCUT2D eigenvalue weighted by molar-refractivity contribution is 5.96. The number of hydrogen-bond acceptors (Lipinski definition) is 9. The molecule has 51 heavy (non-hydrogen) atoms. The Morgan fingerprint density at radius 2 is 1.73 bits per heavy atom. The normalized spacial score (nSPS) is 19.1. The lowest BCUT2D eigenvalue weighted by molar-refractivity contribution is -0.140. The molecule has 3 aliphatic rings. The van der Waals surface area contributed by atoms with Crippen molar-refractivity contribution in [1.82, 2.24) is 35.1 Å². The smallest absolute Gasteiger partial charge is 0.409 e. The number of aromatic nitrogens is 2. The number of likely N-dealkylation sites (tertiary alicyclic amines) is 1. The van der Waals surface area contributed by atoms with Crippen molar-refractivity contribution in [2.45, 2.75) is 69.5 Å². The quantitative estimate of drug-likeness (QED) is 0.273. The molecule has 2 saturated heterocycles. The van der Waals surface area contributed by atoms with Crippen molar-refractivity contribution >= 4 is 35.7 Å². The maximum atomic E-state index is 14.4. The van der Waals surface area contributed by atoms with E-state index in [1.165, 1.54) is 20.5 Å². The number of piperazine rings is 1. The van der Waals surface area contributed by atoms with E-state index in [9.17, 15) is 42.7 Å². The Morgan fingerprint density at radius 3 is 2.35 bits per heavy atom. The van der Waals surface area contributed by atoms with Crippen LogP contribution in [0.15, 0.2) is 36.4 Å². The number of ether oxygens (including phenoxy) is 2. The molecule has 1 saturated carbocycles. The number of rotatable bonds is 13. The average Bonchev–Trinajstić information content (AvgIpc) is 3.68. The number of carboxylic acids is 1. The molecule has 3 N–H and O–H groups in total. The minimum Gasteiger partial charge on any atom is -0.481 e. The van der Waals surface area contributed by atoms with Gasteiger partial charge in [-0.05, 0) is 44.7 Å². The molecule has 5 amide bonds. The Bertz CT molecular complexity index is 1610. The largest absolute Gasteiger partial charge is 0.481 e. The summed E-state index contributed by atoms with van der Waals surface area (Å²) in [5.74, 6) is -7.46. The topological polar surface area (TPSA) is 193 Å². The van der Waals surface area contributed by atoms with Gasteiger partial charge in [0, 0.05) is 51.1 Å². The van der Waals surface area contributed by atoms with Crippen molar-refractivity contribution < 1.29 is 52.1 Å². The molecule has 2 aliphatic heterocycles. The molecule has 5 rings (SSSR count). The van der Waals surface area contributed by atoms with Crippen LogP contribution in [0.4, 0.5) is 13.6 Å². The van der Waals surface area contributed by atoms with Gasteiger partial charge in [-0.25, -0.2) is 18.3 Å². The van der Waals surface area contributed by atoms with Crippen molar-refractivity contribution in [2.75, 3.05) is 45.9 Å². The van der Waals surface area contributed by atoms with Gasteiger partial charge in [-0.15, -0.1) is 0 Å². The molecule has 2 unspecified atom stereocenters. The Hall–Kier alpha value is -5.29. The summed E-state index contributed by atoms with van der Waals surface area (Å²) in [5, 5.41) is 18.9. The number of aliphatic carboxylic acids is 1. The number of amides is 5. The second-order valence-electron chi connectivity index (χ2n) is 12.6. The van der Waals surface area contributed by atoms with Crippen LogP contribution in [-0.2, 0) is 23.9 Å². The minimum absolute atomic E-state index is 0.106. The lowest BCUT2D eigenvalue weighted by atomic mass is 9.93. The zero-order valence-corrected chi connectivity index (χ0v) is 28.1. The van der Waals surface area contributed by atoms with Gasteiger partial charge in [0.25, 0.3) is 17.7 Å². The van der Waals surface area contributed by atoms with E-state index in [1.54, 1.807) is 37.3 Å². The molecule has 1 aliphatic carbocycles. The fourth-order valence-electron chi connectivity index (χ4n) is 6.02. The highest BCUT2D eigenvalue weighted by atomic mass is 19.3. The van der Waals surface area contributed by atoms with Crippen LogP contribution in [0.25, 0.3) is 5.69 Å². The molecule has 2 aromatic rings. The third kappa shape index (κ3) is 9.29. The second kappa shape index (κ2) is 16.2. The molecule has 0 spiro atoms. The summed E-state index contributed by atoms with van der Waals surface area (Å²) in [6, 6.07) is 6.85. The number of para-hydroxylation sites is 1. The van der Waals surface area contributed by atoms with Gasteiger partial charge in [-0.1, -0.05) is 18.2 Å². The van der Waals surface area contributed by atoms with Crippen molar-refractivity contribution in [1.29, 1.82) is 0 Å². The van der Waals surface area contributed by atoms with E-state index in [0.717, 1.165) is 24.2 Å². The van der Waals surface area contributed by atoms with E-state index in [2.05, 4.69) is 15.7 Å². The number of carbonyl (C=O) groups excluding carboxylic acids is 5. The lowest BCUT2D eigenvalue weighted by Gasteiger charge is -2.35. The van der Waals surface area contributed by atoms with Gasteiger partial charge in [0.05, 0.1) is 18.8 Å². The van der Waals surface area contributed by atoms with E-state index in [0.29, 0.717) is 5.69 Å².